The third-order valence-corrected chi connectivity index (χ3v) is 9.83. The van der Waals surface area contributed by atoms with Gasteiger partial charge in [0.1, 0.15) is 5.75 Å². The third-order valence-electron chi connectivity index (χ3n) is 9.83. The van der Waals surface area contributed by atoms with Gasteiger partial charge in [-0.1, -0.05) is 127 Å². The lowest BCUT2D eigenvalue weighted by molar-refractivity contribution is 0.415. The maximum atomic E-state index is 6.01. The summed E-state index contributed by atoms with van der Waals surface area (Å²) in [5, 5.41) is 4.74. The van der Waals surface area contributed by atoms with Crippen molar-refractivity contribution in [2.24, 2.45) is 0 Å². The van der Waals surface area contributed by atoms with E-state index in [0.717, 1.165) is 50.1 Å². The second-order valence-corrected chi connectivity index (χ2v) is 12.9. The van der Waals surface area contributed by atoms with Gasteiger partial charge in [0.25, 0.3) is 0 Å². The van der Waals surface area contributed by atoms with Crippen LogP contribution in [-0.2, 0) is 0 Å². The first-order valence-corrected chi connectivity index (χ1v) is 17.3. The fourth-order valence-corrected chi connectivity index (χ4v) is 7.51. The van der Waals surface area contributed by atoms with Gasteiger partial charge in [0.05, 0.1) is 34.9 Å². The summed E-state index contributed by atoms with van der Waals surface area (Å²) in [4.78, 5) is 15.1. The SMILES string of the molecule is COc1cc(-c2nc(-c3ccccc3)nc(-c3ccccc3)n2)cc(-n2c3ccccc3c3ccc4c5ccccc5n(-c5ccccc5)c4c32)c1. The van der Waals surface area contributed by atoms with Crippen LogP contribution in [0.3, 0.4) is 0 Å². The Bertz CT molecular complexity index is 2870. The highest BCUT2D eigenvalue weighted by Gasteiger charge is 2.22. The topological polar surface area (TPSA) is 57.8 Å². The summed E-state index contributed by atoms with van der Waals surface area (Å²) >= 11 is 0. The second-order valence-electron chi connectivity index (χ2n) is 12.9. The maximum Gasteiger partial charge on any atom is 0.164 e. The summed E-state index contributed by atoms with van der Waals surface area (Å²) in [6.45, 7) is 0. The number of nitrogens with zero attached hydrogens (tertiary/aromatic N) is 5. The van der Waals surface area contributed by atoms with E-state index in [9.17, 15) is 0 Å². The van der Waals surface area contributed by atoms with Crippen LogP contribution < -0.4 is 4.74 Å². The molecule has 10 aromatic rings. The average molecular weight is 670 g/mol. The molecular formula is C46H31N5O. The van der Waals surface area contributed by atoms with E-state index in [1.807, 2.05) is 66.7 Å². The van der Waals surface area contributed by atoms with Gasteiger partial charge in [0, 0.05) is 50.0 Å². The van der Waals surface area contributed by atoms with Crippen LogP contribution in [0.15, 0.2) is 170 Å². The lowest BCUT2D eigenvalue weighted by atomic mass is 10.1. The molecule has 0 spiro atoms. The lowest BCUT2D eigenvalue weighted by Crippen LogP contribution is -2.02. The van der Waals surface area contributed by atoms with Crippen molar-refractivity contribution in [2.75, 3.05) is 7.11 Å². The Morgan fingerprint density at radius 1 is 0.385 bits per heavy atom. The van der Waals surface area contributed by atoms with E-state index in [4.69, 9.17) is 19.7 Å². The van der Waals surface area contributed by atoms with Crippen molar-refractivity contribution >= 4 is 43.6 Å². The zero-order chi connectivity index (χ0) is 34.6. The molecule has 0 amide bonds. The summed E-state index contributed by atoms with van der Waals surface area (Å²) in [6.07, 6.45) is 0. The van der Waals surface area contributed by atoms with Gasteiger partial charge < -0.3 is 13.9 Å². The molecule has 3 aromatic heterocycles. The Morgan fingerprint density at radius 3 is 1.35 bits per heavy atom. The van der Waals surface area contributed by atoms with Crippen LogP contribution in [0.2, 0.25) is 0 Å². The van der Waals surface area contributed by atoms with Gasteiger partial charge >= 0.3 is 0 Å². The van der Waals surface area contributed by atoms with Crippen molar-refractivity contribution in [3.8, 4) is 51.3 Å². The first-order valence-electron chi connectivity index (χ1n) is 17.3. The highest BCUT2D eigenvalue weighted by molar-refractivity contribution is 6.23. The minimum atomic E-state index is 0.567. The van der Waals surface area contributed by atoms with Crippen LogP contribution in [0.5, 0.6) is 5.75 Å². The summed E-state index contributed by atoms with van der Waals surface area (Å²) in [7, 11) is 1.71. The van der Waals surface area contributed by atoms with Crippen LogP contribution in [0.25, 0.3) is 89.2 Å². The van der Waals surface area contributed by atoms with Crippen LogP contribution >= 0.6 is 0 Å². The van der Waals surface area contributed by atoms with Gasteiger partial charge in [0.15, 0.2) is 17.5 Å². The van der Waals surface area contributed by atoms with Crippen molar-refractivity contribution in [1.29, 1.82) is 0 Å². The van der Waals surface area contributed by atoms with Gasteiger partial charge in [0.2, 0.25) is 0 Å². The highest BCUT2D eigenvalue weighted by atomic mass is 16.5. The molecular weight excluding hydrogens is 639 g/mol. The Labute approximate surface area is 299 Å². The van der Waals surface area contributed by atoms with E-state index in [1.165, 1.54) is 21.5 Å². The highest BCUT2D eigenvalue weighted by Crippen LogP contribution is 2.42. The molecule has 0 unspecified atom stereocenters. The molecule has 0 N–H and O–H groups in total. The minimum Gasteiger partial charge on any atom is -0.497 e. The normalized spacial score (nSPS) is 11.6. The zero-order valence-corrected chi connectivity index (χ0v) is 28.3. The van der Waals surface area contributed by atoms with Crippen LogP contribution in [-0.4, -0.2) is 31.2 Å². The molecule has 52 heavy (non-hydrogen) atoms. The molecule has 6 nitrogen and oxygen atoms in total. The fourth-order valence-electron chi connectivity index (χ4n) is 7.51. The Morgan fingerprint density at radius 2 is 0.827 bits per heavy atom. The molecule has 0 atom stereocenters. The van der Waals surface area contributed by atoms with Gasteiger partial charge in [-0.2, -0.15) is 0 Å². The van der Waals surface area contributed by atoms with E-state index < -0.39 is 0 Å². The second kappa shape index (κ2) is 12.1. The fraction of sp³-hybridized carbons (Fsp3) is 0.0217. The van der Waals surface area contributed by atoms with E-state index in [-0.39, 0.29) is 0 Å². The summed E-state index contributed by atoms with van der Waals surface area (Å²) in [5.41, 5.74) is 9.23. The number of methoxy groups -OCH3 is 1. The Kier molecular flexibility index (Phi) is 6.93. The molecule has 0 aliphatic rings. The number of aromatic nitrogens is 5. The van der Waals surface area contributed by atoms with Crippen molar-refractivity contribution in [1.82, 2.24) is 24.1 Å². The molecule has 3 heterocycles. The number of benzene rings is 7. The molecule has 0 aliphatic carbocycles. The molecule has 7 aromatic carbocycles. The standard InChI is InChI=1S/C46H31N5O/c1-52-35-28-32(46-48-44(30-15-5-2-6-16-30)47-45(49-46)31-17-7-3-8-18-31)27-34(29-35)51-41-24-14-12-22-37(41)39-26-25-38-36-21-11-13-23-40(36)50(42(38)43(39)51)33-19-9-4-10-20-33/h2-29H,1H3. The van der Waals surface area contributed by atoms with Crippen LogP contribution in [0.4, 0.5) is 0 Å². The number of hydrogen-bond acceptors (Lipinski definition) is 4. The predicted octanol–water partition coefficient (Wildman–Crippen LogP) is 11.1. The molecule has 0 saturated heterocycles. The monoisotopic (exact) mass is 669 g/mol. The van der Waals surface area contributed by atoms with Crippen molar-refractivity contribution in [3.05, 3.63) is 170 Å². The Hall–Kier alpha value is -7.05. The first kappa shape index (κ1) is 29.8. The summed E-state index contributed by atoms with van der Waals surface area (Å²) < 4.78 is 10.8. The first-order chi connectivity index (χ1) is 25.7. The van der Waals surface area contributed by atoms with Gasteiger partial charge in [-0.25, -0.2) is 15.0 Å². The van der Waals surface area contributed by atoms with E-state index in [2.05, 4.69) is 112 Å². The molecule has 246 valence electrons. The third kappa shape index (κ3) is 4.76. The van der Waals surface area contributed by atoms with Gasteiger partial charge in [-0.05, 0) is 36.4 Å². The zero-order valence-electron chi connectivity index (χ0n) is 28.3. The number of ether oxygens (including phenoxy) is 1. The van der Waals surface area contributed by atoms with E-state index in [0.29, 0.717) is 23.2 Å². The number of hydrogen-bond donors (Lipinski definition) is 0. The smallest absolute Gasteiger partial charge is 0.164 e. The van der Waals surface area contributed by atoms with Crippen molar-refractivity contribution in [3.63, 3.8) is 0 Å². The van der Waals surface area contributed by atoms with Gasteiger partial charge in [-0.3, -0.25) is 0 Å². The molecule has 6 heteroatoms. The average Bonchev–Trinajstić information content (AvgIpc) is 3.75. The van der Waals surface area contributed by atoms with Gasteiger partial charge in [-0.15, -0.1) is 0 Å². The molecule has 0 fully saturated rings. The van der Waals surface area contributed by atoms with Crippen LogP contribution in [0.1, 0.15) is 0 Å². The summed E-state index contributed by atoms with van der Waals surface area (Å²) in [5.74, 6) is 2.49. The predicted molar refractivity (Wildman–Crippen MR) is 211 cm³/mol. The molecule has 0 radical (unpaired) electrons. The number of fused-ring (bicyclic) bond motifs is 7. The van der Waals surface area contributed by atoms with Crippen molar-refractivity contribution < 1.29 is 4.74 Å². The number of rotatable bonds is 6. The summed E-state index contributed by atoms with van der Waals surface area (Å²) in [6, 6.07) is 58.8. The minimum absolute atomic E-state index is 0.567. The van der Waals surface area contributed by atoms with Crippen LogP contribution in [0, 0.1) is 0 Å². The number of para-hydroxylation sites is 3. The van der Waals surface area contributed by atoms with E-state index >= 15 is 0 Å². The van der Waals surface area contributed by atoms with Crippen molar-refractivity contribution in [2.45, 2.75) is 0 Å². The lowest BCUT2D eigenvalue weighted by Gasteiger charge is -2.15. The van der Waals surface area contributed by atoms with E-state index in [1.54, 1.807) is 7.11 Å². The molecule has 0 saturated carbocycles. The molecule has 10 rings (SSSR count). The molecule has 0 aliphatic heterocycles. The Balaban J connectivity index is 1.30. The quantitative estimate of drug-likeness (QED) is 0.177. The maximum absolute atomic E-state index is 6.01. The molecule has 0 bridgehead atoms. The largest absolute Gasteiger partial charge is 0.497 e.